The van der Waals surface area contributed by atoms with Gasteiger partial charge in [-0.3, -0.25) is 19.8 Å². The summed E-state index contributed by atoms with van der Waals surface area (Å²) in [4.78, 5) is 38.1. The molecule has 8 nitrogen and oxygen atoms in total. The summed E-state index contributed by atoms with van der Waals surface area (Å²) in [7, 11) is 1.49. The van der Waals surface area contributed by atoms with Gasteiger partial charge in [0.25, 0.3) is 17.7 Å². The molecule has 0 unspecified atom stereocenters. The molecule has 3 amide bonds. The molecule has 0 saturated carbocycles. The van der Waals surface area contributed by atoms with Gasteiger partial charge in [0.1, 0.15) is 0 Å². The van der Waals surface area contributed by atoms with E-state index in [4.69, 9.17) is 21.7 Å². The number of ether oxygens (including phenoxy) is 2. The number of anilines is 1. The molecule has 0 bridgehead atoms. The minimum Gasteiger partial charge on any atom is -0.493 e. The molecule has 1 saturated heterocycles. The van der Waals surface area contributed by atoms with Crippen molar-refractivity contribution in [3.8, 4) is 11.5 Å². The summed E-state index contributed by atoms with van der Waals surface area (Å²) in [5.74, 6) is -0.409. The molecule has 1 aliphatic heterocycles. The van der Waals surface area contributed by atoms with E-state index in [1.807, 2.05) is 32.0 Å². The fourth-order valence-corrected chi connectivity index (χ4v) is 4.70. The third kappa shape index (κ3) is 6.39. The zero-order valence-electron chi connectivity index (χ0n) is 20.9. The molecule has 0 atom stereocenters. The summed E-state index contributed by atoms with van der Waals surface area (Å²) < 4.78 is 11.3. The normalized spacial score (nSPS) is 14.0. The fraction of sp³-hybridized carbons (Fsp3) is 0.143. The SMILES string of the molecule is COc1cc(/C=C2/SC(=S)N(NC(=O)c3ccccc3)C2=O)ccc1OCC(=O)Nc1ccc(C)c(C)c1. The number of rotatable bonds is 8. The highest BCUT2D eigenvalue weighted by Crippen LogP contribution is 2.34. The molecule has 3 aromatic rings. The molecule has 0 radical (unpaired) electrons. The molecule has 1 aliphatic rings. The fourth-order valence-electron chi connectivity index (χ4n) is 3.52. The van der Waals surface area contributed by atoms with Crippen molar-refractivity contribution in [1.82, 2.24) is 10.4 Å². The summed E-state index contributed by atoms with van der Waals surface area (Å²) in [5, 5.41) is 3.87. The number of benzene rings is 3. The number of hydrazine groups is 1. The lowest BCUT2D eigenvalue weighted by molar-refractivity contribution is -0.123. The number of thioether (sulfide) groups is 1. The number of nitrogens with one attached hydrogen (secondary N) is 2. The zero-order valence-corrected chi connectivity index (χ0v) is 22.6. The molecule has 194 valence electrons. The van der Waals surface area contributed by atoms with Crippen LogP contribution in [-0.2, 0) is 9.59 Å². The van der Waals surface area contributed by atoms with Crippen molar-refractivity contribution in [3.05, 3.63) is 93.9 Å². The maximum atomic E-state index is 12.9. The smallest absolute Gasteiger partial charge is 0.285 e. The van der Waals surface area contributed by atoms with Crippen molar-refractivity contribution in [2.75, 3.05) is 19.0 Å². The van der Waals surface area contributed by atoms with E-state index in [9.17, 15) is 14.4 Å². The molecular formula is C28H25N3O5S2. The van der Waals surface area contributed by atoms with E-state index in [2.05, 4.69) is 10.7 Å². The third-order valence-corrected chi connectivity index (χ3v) is 6.98. The zero-order chi connectivity index (χ0) is 27.2. The Bertz CT molecular complexity index is 1440. The van der Waals surface area contributed by atoms with Crippen molar-refractivity contribution >= 4 is 57.8 Å². The standard InChI is InChI=1S/C28H25N3O5S2/c1-17-9-11-21(13-18(17)2)29-25(32)16-36-22-12-10-19(14-23(22)35-3)15-24-27(34)31(28(37)38-24)30-26(33)20-7-5-4-6-8-20/h4-15H,16H2,1-3H3,(H,29,32)(H,30,33)/b24-15+. The Hall–Kier alpha value is -4.15. The molecule has 38 heavy (non-hydrogen) atoms. The molecule has 0 spiro atoms. The van der Waals surface area contributed by atoms with Crippen LogP contribution in [0.25, 0.3) is 6.08 Å². The minimum absolute atomic E-state index is 0.206. The highest BCUT2D eigenvalue weighted by Gasteiger charge is 2.33. The first-order chi connectivity index (χ1) is 18.2. The maximum Gasteiger partial charge on any atom is 0.285 e. The second-order valence-corrected chi connectivity index (χ2v) is 10.0. The highest BCUT2D eigenvalue weighted by molar-refractivity contribution is 8.26. The van der Waals surface area contributed by atoms with E-state index in [-0.39, 0.29) is 16.8 Å². The summed E-state index contributed by atoms with van der Waals surface area (Å²) in [6, 6.07) is 19.3. The van der Waals surface area contributed by atoms with E-state index in [1.54, 1.807) is 54.6 Å². The highest BCUT2D eigenvalue weighted by atomic mass is 32.2. The van der Waals surface area contributed by atoms with E-state index in [1.165, 1.54) is 7.11 Å². The molecule has 0 aliphatic carbocycles. The van der Waals surface area contributed by atoms with Gasteiger partial charge >= 0.3 is 0 Å². The quantitative estimate of drug-likeness (QED) is 0.307. The number of carbonyl (C=O) groups excluding carboxylic acids is 3. The first-order valence-electron chi connectivity index (χ1n) is 11.6. The van der Waals surface area contributed by atoms with Gasteiger partial charge in [0.15, 0.2) is 22.4 Å². The van der Waals surface area contributed by atoms with E-state index in [0.717, 1.165) is 27.9 Å². The molecule has 4 rings (SSSR count). The lowest BCUT2D eigenvalue weighted by atomic mass is 10.1. The molecular weight excluding hydrogens is 522 g/mol. The molecule has 0 aromatic heterocycles. The summed E-state index contributed by atoms with van der Waals surface area (Å²) in [6.45, 7) is 3.78. The van der Waals surface area contributed by atoms with E-state index >= 15 is 0 Å². The largest absolute Gasteiger partial charge is 0.493 e. The monoisotopic (exact) mass is 547 g/mol. The van der Waals surface area contributed by atoms with Crippen LogP contribution in [0.5, 0.6) is 11.5 Å². The Labute approximate surface area is 230 Å². The van der Waals surface area contributed by atoms with E-state index < -0.39 is 11.8 Å². The Morgan fingerprint density at radius 2 is 1.76 bits per heavy atom. The first-order valence-corrected chi connectivity index (χ1v) is 12.8. The van der Waals surface area contributed by atoms with Crippen LogP contribution in [0.2, 0.25) is 0 Å². The molecule has 1 fully saturated rings. The van der Waals surface area contributed by atoms with Gasteiger partial charge in [0.05, 0.1) is 12.0 Å². The minimum atomic E-state index is -0.438. The number of hydrogen-bond donors (Lipinski definition) is 2. The molecule has 3 aromatic carbocycles. The Kier molecular flexibility index (Phi) is 8.45. The number of methoxy groups -OCH3 is 1. The van der Waals surface area contributed by atoms with Crippen LogP contribution in [0.1, 0.15) is 27.0 Å². The molecule has 1 heterocycles. The predicted molar refractivity (Wildman–Crippen MR) is 152 cm³/mol. The van der Waals surface area contributed by atoms with Crippen LogP contribution in [-0.4, -0.2) is 40.8 Å². The van der Waals surface area contributed by atoms with Gasteiger partial charge in [-0.1, -0.05) is 42.1 Å². The van der Waals surface area contributed by atoms with Gasteiger partial charge in [-0.2, -0.15) is 5.01 Å². The second-order valence-electron chi connectivity index (χ2n) is 8.37. The van der Waals surface area contributed by atoms with Gasteiger partial charge in [0.2, 0.25) is 0 Å². The Morgan fingerprint density at radius 1 is 1.00 bits per heavy atom. The maximum absolute atomic E-state index is 12.9. The molecule has 10 heteroatoms. The lowest BCUT2D eigenvalue weighted by Gasteiger charge is -2.15. The van der Waals surface area contributed by atoms with Crippen molar-refractivity contribution in [2.45, 2.75) is 13.8 Å². The van der Waals surface area contributed by atoms with Gasteiger partial charge in [0, 0.05) is 11.3 Å². The van der Waals surface area contributed by atoms with Crippen molar-refractivity contribution < 1.29 is 23.9 Å². The molecule has 2 N–H and O–H groups in total. The first kappa shape index (κ1) is 26.9. The van der Waals surface area contributed by atoms with Crippen LogP contribution in [0.15, 0.2) is 71.6 Å². The number of hydrogen-bond acceptors (Lipinski definition) is 7. The number of carbonyl (C=O) groups is 3. The lowest BCUT2D eigenvalue weighted by Crippen LogP contribution is -2.44. The van der Waals surface area contributed by atoms with Gasteiger partial charge in [-0.25, -0.2) is 0 Å². The Balaban J connectivity index is 1.40. The van der Waals surface area contributed by atoms with Gasteiger partial charge < -0.3 is 14.8 Å². The number of nitrogens with zero attached hydrogens (tertiary/aromatic N) is 1. The average molecular weight is 548 g/mol. The summed E-state index contributed by atoms with van der Waals surface area (Å²) in [5.41, 5.74) is 6.54. The van der Waals surface area contributed by atoms with Crippen LogP contribution >= 0.6 is 24.0 Å². The van der Waals surface area contributed by atoms with Crippen molar-refractivity contribution in [1.29, 1.82) is 0 Å². The number of thiocarbonyl (C=S) groups is 1. The van der Waals surface area contributed by atoms with Crippen molar-refractivity contribution in [2.24, 2.45) is 0 Å². The summed E-state index contributed by atoms with van der Waals surface area (Å²) >= 11 is 6.38. The average Bonchev–Trinajstić information content (AvgIpc) is 3.17. The second kappa shape index (κ2) is 11.9. The van der Waals surface area contributed by atoms with Crippen LogP contribution < -0.4 is 20.2 Å². The number of aryl methyl sites for hydroxylation is 2. The predicted octanol–water partition coefficient (Wildman–Crippen LogP) is 4.88. The Morgan fingerprint density at radius 3 is 2.47 bits per heavy atom. The number of amides is 3. The topological polar surface area (TPSA) is 97.0 Å². The van der Waals surface area contributed by atoms with Crippen LogP contribution in [0.4, 0.5) is 5.69 Å². The summed E-state index contributed by atoms with van der Waals surface area (Å²) in [6.07, 6.45) is 1.65. The van der Waals surface area contributed by atoms with Crippen LogP contribution in [0.3, 0.4) is 0 Å². The van der Waals surface area contributed by atoms with Crippen molar-refractivity contribution in [3.63, 3.8) is 0 Å². The van der Waals surface area contributed by atoms with E-state index in [0.29, 0.717) is 33.2 Å². The van der Waals surface area contributed by atoms with Gasteiger partial charge in [-0.05, 0) is 85.2 Å². The third-order valence-electron chi connectivity index (χ3n) is 5.68. The van der Waals surface area contributed by atoms with Crippen LogP contribution in [0, 0.1) is 13.8 Å². The van der Waals surface area contributed by atoms with Gasteiger partial charge in [-0.15, -0.1) is 0 Å².